The molecule has 1 unspecified atom stereocenters. The van der Waals surface area contributed by atoms with Gasteiger partial charge in [-0.2, -0.15) is 0 Å². The van der Waals surface area contributed by atoms with Gasteiger partial charge in [0, 0.05) is 6.42 Å². The van der Waals surface area contributed by atoms with E-state index in [-0.39, 0.29) is 12.3 Å². The number of carbonyl (C=O) groups is 1. The van der Waals surface area contributed by atoms with Gasteiger partial charge in [0.25, 0.3) is 0 Å². The number of ether oxygens (including phenoxy) is 1. The van der Waals surface area contributed by atoms with Gasteiger partial charge in [0.05, 0.1) is 7.11 Å². The van der Waals surface area contributed by atoms with Gasteiger partial charge in [-0.15, -0.1) is 0 Å². The number of methoxy groups -OCH3 is 1. The Hall–Kier alpha value is -1.51. The summed E-state index contributed by atoms with van der Waals surface area (Å²) in [4.78, 5) is 10.6. The minimum absolute atomic E-state index is 0.230. The lowest BCUT2D eigenvalue weighted by atomic mass is 10.0. The van der Waals surface area contributed by atoms with Gasteiger partial charge in [-0.3, -0.25) is 4.79 Å². The van der Waals surface area contributed by atoms with Gasteiger partial charge in [0.15, 0.2) is 0 Å². The highest BCUT2D eigenvalue weighted by molar-refractivity contribution is 5.67. The molecule has 0 heterocycles. The van der Waals surface area contributed by atoms with Crippen LogP contribution in [-0.2, 0) is 17.6 Å². The average Bonchev–Trinajstić information content (AvgIpc) is 2.58. The van der Waals surface area contributed by atoms with Crippen molar-refractivity contribution in [3.05, 3.63) is 29.3 Å². The van der Waals surface area contributed by atoms with E-state index in [1.54, 1.807) is 7.11 Å². The molecule has 80 valence electrons. The Morgan fingerprint density at radius 2 is 2.33 bits per heavy atom. The van der Waals surface area contributed by atoms with Crippen LogP contribution in [0, 0.1) is 5.92 Å². The first-order valence-electron chi connectivity index (χ1n) is 5.07. The van der Waals surface area contributed by atoms with Crippen LogP contribution < -0.4 is 4.74 Å². The summed E-state index contributed by atoms with van der Waals surface area (Å²) in [5, 5.41) is 8.75. The number of rotatable bonds is 3. The Morgan fingerprint density at radius 1 is 1.53 bits per heavy atom. The van der Waals surface area contributed by atoms with Gasteiger partial charge in [-0.25, -0.2) is 0 Å². The summed E-state index contributed by atoms with van der Waals surface area (Å²) in [5.74, 6) is 0.404. The molecular formula is C12H14O3. The molecular weight excluding hydrogens is 192 g/mol. The molecule has 0 saturated heterocycles. The van der Waals surface area contributed by atoms with E-state index in [2.05, 4.69) is 6.07 Å². The summed E-state index contributed by atoms with van der Waals surface area (Å²) in [6, 6.07) is 5.95. The molecule has 0 aromatic heterocycles. The van der Waals surface area contributed by atoms with Crippen LogP contribution in [0.3, 0.4) is 0 Å². The standard InChI is InChI=1S/C12H14O3/c1-15-11-4-2-3-9-5-8(6-10(9)11)7-12(13)14/h2-4,8H,5-7H2,1H3,(H,13,14). The summed E-state index contributed by atoms with van der Waals surface area (Å²) < 4.78 is 5.26. The van der Waals surface area contributed by atoms with Gasteiger partial charge in [0.2, 0.25) is 0 Å². The zero-order chi connectivity index (χ0) is 10.8. The topological polar surface area (TPSA) is 46.5 Å². The van der Waals surface area contributed by atoms with E-state index >= 15 is 0 Å². The Kier molecular flexibility index (Phi) is 2.62. The molecule has 1 N–H and O–H groups in total. The maximum absolute atomic E-state index is 10.6. The second kappa shape index (κ2) is 3.93. The number of fused-ring (bicyclic) bond motifs is 1. The third kappa shape index (κ3) is 1.96. The van der Waals surface area contributed by atoms with Crippen molar-refractivity contribution in [2.75, 3.05) is 7.11 Å². The van der Waals surface area contributed by atoms with Crippen LogP contribution in [-0.4, -0.2) is 18.2 Å². The Labute approximate surface area is 88.7 Å². The molecule has 15 heavy (non-hydrogen) atoms. The van der Waals surface area contributed by atoms with Crippen LogP contribution in [0.2, 0.25) is 0 Å². The van der Waals surface area contributed by atoms with Crippen molar-refractivity contribution in [2.45, 2.75) is 19.3 Å². The third-order valence-corrected chi connectivity index (χ3v) is 2.91. The molecule has 1 aromatic rings. The van der Waals surface area contributed by atoms with E-state index in [1.165, 1.54) is 11.1 Å². The van der Waals surface area contributed by atoms with Crippen LogP contribution >= 0.6 is 0 Å². The first-order valence-corrected chi connectivity index (χ1v) is 5.07. The van der Waals surface area contributed by atoms with Crippen molar-refractivity contribution >= 4 is 5.97 Å². The lowest BCUT2D eigenvalue weighted by Gasteiger charge is -2.06. The van der Waals surface area contributed by atoms with E-state index in [0.29, 0.717) is 0 Å². The SMILES string of the molecule is COc1cccc2c1CC(CC(=O)O)C2. The lowest BCUT2D eigenvalue weighted by Crippen LogP contribution is -2.07. The normalized spacial score (nSPS) is 18.6. The summed E-state index contributed by atoms with van der Waals surface area (Å²) in [6.07, 6.45) is 1.93. The van der Waals surface area contributed by atoms with E-state index in [1.807, 2.05) is 12.1 Å². The maximum Gasteiger partial charge on any atom is 0.303 e. The summed E-state index contributed by atoms with van der Waals surface area (Å²) >= 11 is 0. The average molecular weight is 206 g/mol. The Morgan fingerprint density at radius 3 is 3.00 bits per heavy atom. The fourth-order valence-electron chi connectivity index (χ4n) is 2.29. The van der Waals surface area contributed by atoms with Gasteiger partial charge >= 0.3 is 5.97 Å². The van der Waals surface area contributed by atoms with Crippen LogP contribution in [0.4, 0.5) is 0 Å². The largest absolute Gasteiger partial charge is 0.496 e. The zero-order valence-corrected chi connectivity index (χ0v) is 8.69. The maximum atomic E-state index is 10.6. The zero-order valence-electron chi connectivity index (χ0n) is 8.69. The van der Waals surface area contributed by atoms with Crippen molar-refractivity contribution < 1.29 is 14.6 Å². The number of carboxylic acid groups (broad SMARTS) is 1. The molecule has 0 bridgehead atoms. The molecule has 0 saturated carbocycles. The monoisotopic (exact) mass is 206 g/mol. The van der Waals surface area contributed by atoms with Gasteiger partial charge in [-0.05, 0) is 36.0 Å². The molecule has 0 amide bonds. The quantitative estimate of drug-likeness (QED) is 0.821. The van der Waals surface area contributed by atoms with Gasteiger partial charge in [0.1, 0.15) is 5.75 Å². The Bertz CT molecular complexity index is 384. The Balaban J connectivity index is 2.19. The molecule has 1 aliphatic rings. The number of benzene rings is 1. The van der Waals surface area contributed by atoms with Gasteiger partial charge in [-0.1, -0.05) is 12.1 Å². The number of carboxylic acids is 1. The number of hydrogen-bond acceptors (Lipinski definition) is 2. The first kappa shape index (κ1) is 10.0. The number of hydrogen-bond donors (Lipinski definition) is 1. The summed E-state index contributed by atoms with van der Waals surface area (Å²) in [7, 11) is 1.65. The smallest absolute Gasteiger partial charge is 0.303 e. The molecule has 0 radical (unpaired) electrons. The van der Waals surface area contributed by atoms with E-state index in [9.17, 15) is 4.79 Å². The molecule has 0 aliphatic heterocycles. The summed E-state index contributed by atoms with van der Waals surface area (Å²) in [5.41, 5.74) is 2.42. The van der Waals surface area contributed by atoms with Crippen LogP contribution in [0.15, 0.2) is 18.2 Å². The molecule has 1 aliphatic carbocycles. The fraction of sp³-hybridized carbons (Fsp3) is 0.417. The van der Waals surface area contributed by atoms with Crippen LogP contribution in [0.25, 0.3) is 0 Å². The molecule has 1 aromatic carbocycles. The summed E-state index contributed by atoms with van der Waals surface area (Å²) in [6.45, 7) is 0. The molecule has 3 heteroatoms. The highest BCUT2D eigenvalue weighted by Crippen LogP contribution is 2.34. The third-order valence-electron chi connectivity index (χ3n) is 2.91. The molecule has 3 nitrogen and oxygen atoms in total. The lowest BCUT2D eigenvalue weighted by molar-refractivity contribution is -0.138. The molecule has 0 fully saturated rings. The van der Waals surface area contributed by atoms with E-state index in [0.717, 1.165) is 18.6 Å². The predicted octanol–water partition coefficient (Wildman–Crippen LogP) is 1.88. The fourth-order valence-corrected chi connectivity index (χ4v) is 2.29. The molecule has 2 rings (SSSR count). The molecule has 0 spiro atoms. The van der Waals surface area contributed by atoms with Crippen molar-refractivity contribution in [3.63, 3.8) is 0 Å². The van der Waals surface area contributed by atoms with Crippen molar-refractivity contribution in [1.82, 2.24) is 0 Å². The van der Waals surface area contributed by atoms with Gasteiger partial charge < -0.3 is 9.84 Å². The first-order chi connectivity index (χ1) is 7.20. The van der Waals surface area contributed by atoms with Crippen LogP contribution in [0.5, 0.6) is 5.75 Å². The second-order valence-electron chi connectivity index (χ2n) is 3.97. The molecule has 1 atom stereocenters. The minimum Gasteiger partial charge on any atom is -0.496 e. The highest BCUT2D eigenvalue weighted by Gasteiger charge is 2.25. The van der Waals surface area contributed by atoms with Crippen molar-refractivity contribution in [2.24, 2.45) is 5.92 Å². The minimum atomic E-state index is -0.716. The number of aliphatic carboxylic acids is 1. The van der Waals surface area contributed by atoms with E-state index in [4.69, 9.17) is 9.84 Å². The predicted molar refractivity (Wildman–Crippen MR) is 56.1 cm³/mol. The van der Waals surface area contributed by atoms with Crippen molar-refractivity contribution in [1.29, 1.82) is 0 Å². The van der Waals surface area contributed by atoms with E-state index < -0.39 is 5.97 Å². The highest BCUT2D eigenvalue weighted by atomic mass is 16.5. The van der Waals surface area contributed by atoms with Crippen LogP contribution in [0.1, 0.15) is 17.5 Å². The van der Waals surface area contributed by atoms with Crippen molar-refractivity contribution in [3.8, 4) is 5.75 Å². The second-order valence-corrected chi connectivity index (χ2v) is 3.97.